The number of benzene rings is 2. The molecule has 0 radical (unpaired) electrons. The van der Waals surface area contributed by atoms with Gasteiger partial charge in [0, 0.05) is 37.0 Å². The van der Waals surface area contributed by atoms with Crippen molar-refractivity contribution < 1.29 is 42.1 Å². The van der Waals surface area contributed by atoms with Crippen molar-refractivity contribution in [1.82, 2.24) is 4.90 Å². The van der Waals surface area contributed by atoms with Crippen LogP contribution in [0.2, 0.25) is 0 Å². The summed E-state index contributed by atoms with van der Waals surface area (Å²) in [6.45, 7) is 2.78. The zero-order valence-corrected chi connectivity index (χ0v) is 21.3. The van der Waals surface area contributed by atoms with Gasteiger partial charge in [-0.05, 0) is 72.9 Å². The van der Waals surface area contributed by atoms with E-state index in [4.69, 9.17) is 9.84 Å². The summed E-state index contributed by atoms with van der Waals surface area (Å²) < 4.78 is 46.9. The lowest BCUT2D eigenvalue weighted by atomic mass is 9.79. The highest BCUT2D eigenvalue weighted by atomic mass is 19.4. The molecule has 1 fully saturated rings. The molecule has 0 unspecified atom stereocenters. The number of carbonyl (C=O) groups is 3. The Morgan fingerprint density at radius 2 is 1.79 bits per heavy atom. The van der Waals surface area contributed by atoms with Crippen molar-refractivity contribution in [3.63, 3.8) is 0 Å². The van der Waals surface area contributed by atoms with Crippen LogP contribution in [0.3, 0.4) is 0 Å². The number of fused-ring (bicyclic) bond motifs is 1. The number of rotatable bonds is 6. The zero-order valence-electron chi connectivity index (χ0n) is 21.3. The molecule has 12 heteroatoms. The molecule has 3 atom stereocenters. The van der Waals surface area contributed by atoms with E-state index in [1.54, 1.807) is 17.0 Å². The second-order valence-corrected chi connectivity index (χ2v) is 9.99. The smallest absolute Gasteiger partial charge is 0.481 e. The van der Waals surface area contributed by atoms with Crippen LogP contribution in [0, 0.1) is 11.8 Å². The van der Waals surface area contributed by atoms with Crippen molar-refractivity contribution >= 4 is 29.5 Å². The van der Waals surface area contributed by atoms with E-state index in [-0.39, 0.29) is 30.0 Å². The van der Waals surface area contributed by atoms with Gasteiger partial charge < -0.3 is 30.1 Å². The van der Waals surface area contributed by atoms with Gasteiger partial charge in [0.15, 0.2) is 0 Å². The summed E-state index contributed by atoms with van der Waals surface area (Å²) in [5.41, 5.74) is 2.50. The Bertz CT molecular complexity index is 1220. The van der Waals surface area contributed by atoms with Crippen molar-refractivity contribution in [2.45, 2.75) is 58.0 Å². The summed E-state index contributed by atoms with van der Waals surface area (Å²) >= 11 is 0. The van der Waals surface area contributed by atoms with Crippen LogP contribution in [0.5, 0.6) is 5.75 Å². The fourth-order valence-corrected chi connectivity index (χ4v) is 5.14. The van der Waals surface area contributed by atoms with Crippen LogP contribution in [-0.4, -0.2) is 47.1 Å². The summed E-state index contributed by atoms with van der Waals surface area (Å²) in [7, 11) is 0. The van der Waals surface area contributed by atoms with Gasteiger partial charge in [0.1, 0.15) is 11.9 Å². The van der Waals surface area contributed by atoms with E-state index >= 15 is 0 Å². The Labute approximate surface area is 223 Å². The van der Waals surface area contributed by atoms with E-state index in [9.17, 15) is 27.6 Å². The van der Waals surface area contributed by atoms with E-state index in [1.807, 2.05) is 13.0 Å². The molecular weight excluding hydrogens is 519 g/mol. The van der Waals surface area contributed by atoms with Gasteiger partial charge in [-0.3, -0.25) is 4.79 Å². The third kappa shape index (κ3) is 8.01. The van der Waals surface area contributed by atoms with Crippen LogP contribution in [-0.2, 0) is 22.5 Å². The first-order valence-electron chi connectivity index (χ1n) is 12.7. The van der Waals surface area contributed by atoms with Crippen LogP contribution in [0.4, 0.5) is 34.1 Å². The van der Waals surface area contributed by atoms with Crippen LogP contribution in [0.25, 0.3) is 0 Å². The predicted octanol–water partition coefficient (Wildman–Crippen LogP) is 6.00. The Morgan fingerprint density at radius 1 is 1.05 bits per heavy atom. The molecule has 0 saturated heterocycles. The number of carboxylic acid groups (broad SMARTS) is 1. The van der Waals surface area contributed by atoms with Crippen LogP contribution < -0.4 is 15.4 Å². The molecule has 2 aromatic carbocycles. The first kappa shape index (κ1) is 28.1. The number of ether oxygens (including phenoxy) is 2. The number of nitrogens with one attached hydrogen (secondary N) is 2. The summed E-state index contributed by atoms with van der Waals surface area (Å²) in [4.78, 5) is 37.9. The normalized spacial score (nSPS) is 20.9. The van der Waals surface area contributed by atoms with Crippen molar-refractivity contribution in [1.29, 1.82) is 0 Å². The minimum absolute atomic E-state index is 0.0866. The van der Waals surface area contributed by atoms with Crippen molar-refractivity contribution in [3.8, 4) is 5.75 Å². The van der Waals surface area contributed by atoms with Gasteiger partial charge in [-0.2, -0.15) is 0 Å². The first-order valence-corrected chi connectivity index (χ1v) is 12.7. The maximum Gasteiger partial charge on any atom is 0.573 e. The van der Waals surface area contributed by atoms with E-state index < -0.39 is 30.2 Å². The fraction of sp³-hybridized carbons (Fsp3) is 0.444. The highest BCUT2D eigenvalue weighted by Gasteiger charge is 2.33. The highest BCUT2D eigenvalue weighted by molar-refractivity contribution is 5.99. The topological polar surface area (TPSA) is 117 Å². The maximum absolute atomic E-state index is 12.8. The summed E-state index contributed by atoms with van der Waals surface area (Å²) in [6, 6.07) is 9.62. The van der Waals surface area contributed by atoms with Gasteiger partial charge in [0.2, 0.25) is 0 Å². The molecule has 0 aromatic heterocycles. The second kappa shape index (κ2) is 11.8. The van der Waals surface area contributed by atoms with Crippen molar-refractivity contribution in [3.05, 3.63) is 53.6 Å². The molecule has 210 valence electrons. The van der Waals surface area contributed by atoms with Gasteiger partial charge in [-0.25, -0.2) is 9.59 Å². The lowest BCUT2D eigenvalue weighted by Crippen LogP contribution is -2.41. The number of aliphatic carboxylic acids is 1. The zero-order chi connectivity index (χ0) is 28.2. The van der Waals surface area contributed by atoms with Gasteiger partial charge in [-0.15, -0.1) is 13.2 Å². The van der Waals surface area contributed by atoms with Crippen LogP contribution in [0.1, 0.15) is 43.7 Å². The lowest BCUT2D eigenvalue weighted by molar-refractivity contribution is -0.274. The summed E-state index contributed by atoms with van der Waals surface area (Å²) in [6.07, 6.45) is -2.71. The molecule has 0 bridgehead atoms. The van der Waals surface area contributed by atoms with Crippen LogP contribution >= 0.6 is 0 Å². The Hall–Kier alpha value is -3.96. The standard InChI is InChI=1S/C27H30F3N3O6/c1-16-11-17(12-24(34)35)5-8-23(16)38-26(37)33-10-9-18-13-21(7-6-19(18)15-33)32-25(36)31-20-3-2-4-22(14-20)39-27(28,29)30/h2-4,6-7,13-14,16-17,23H,5,8-12,15H2,1H3,(H,34,35)(H2,31,32,36)/t16-,17-,23-/m1/s1. The van der Waals surface area contributed by atoms with Crippen LogP contribution in [0.15, 0.2) is 42.5 Å². The lowest BCUT2D eigenvalue weighted by Gasteiger charge is -2.35. The van der Waals surface area contributed by atoms with E-state index in [0.717, 1.165) is 23.3 Å². The van der Waals surface area contributed by atoms with Gasteiger partial charge in [0.05, 0.1) is 0 Å². The van der Waals surface area contributed by atoms with Gasteiger partial charge in [-0.1, -0.05) is 19.1 Å². The number of anilines is 2. The minimum Gasteiger partial charge on any atom is -0.481 e. The molecule has 39 heavy (non-hydrogen) atoms. The number of amides is 3. The maximum atomic E-state index is 12.8. The molecule has 1 aliphatic heterocycles. The largest absolute Gasteiger partial charge is 0.573 e. The van der Waals surface area contributed by atoms with E-state index in [0.29, 0.717) is 44.5 Å². The number of carbonyl (C=O) groups excluding carboxylic acids is 2. The number of carboxylic acids is 1. The molecule has 2 aromatic rings. The quantitative estimate of drug-likeness (QED) is 0.407. The number of urea groups is 1. The molecule has 2 aliphatic rings. The number of hydrogen-bond acceptors (Lipinski definition) is 5. The number of hydrogen-bond donors (Lipinski definition) is 3. The molecule has 0 spiro atoms. The highest BCUT2D eigenvalue weighted by Crippen LogP contribution is 2.34. The minimum atomic E-state index is -4.84. The Kier molecular flexibility index (Phi) is 8.51. The van der Waals surface area contributed by atoms with Crippen molar-refractivity contribution in [2.75, 3.05) is 17.2 Å². The fourth-order valence-electron chi connectivity index (χ4n) is 5.14. The van der Waals surface area contributed by atoms with E-state index in [1.165, 1.54) is 12.1 Å². The van der Waals surface area contributed by atoms with Crippen molar-refractivity contribution in [2.24, 2.45) is 11.8 Å². The average Bonchev–Trinajstić information content (AvgIpc) is 2.84. The number of alkyl halides is 3. The summed E-state index contributed by atoms with van der Waals surface area (Å²) in [5, 5.41) is 14.2. The Balaban J connectivity index is 1.29. The molecule has 1 heterocycles. The third-order valence-corrected chi connectivity index (χ3v) is 6.97. The van der Waals surface area contributed by atoms with E-state index in [2.05, 4.69) is 15.4 Å². The average molecular weight is 550 g/mol. The molecule has 1 saturated carbocycles. The molecule has 3 amide bonds. The molecule has 3 N–H and O–H groups in total. The molecule has 1 aliphatic carbocycles. The first-order chi connectivity index (χ1) is 18.4. The number of halogens is 3. The van der Waals surface area contributed by atoms with Gasteiger partial charge in [0.25, 0.3) is 0 Å². The molecule has 4 rings (SSSR count). The van der Waals surface area contributed by atoms with Gasteiger partial charge >= 0.3 is 24.5 Å². The number of nitrogens with zero attached hydrogens (tertiary/aromatic N) is 1. The SMILES string of the molecule is C[C@@H]1C[C@H](CC(=O)O)CC[C@H]1OC(=O)N1CCc2cc(NC(=O)Nc3cccc(OC(F)(F)F)c3)ccc2C1. The predicted molar refractivity (Wildman–Crippen MR) is 135 cm³/mol. The summed E-state index contributed by atoms with van der Waals surface area (Å²) in [5.74, 6) is -1.06. The third-order valence-electron chi connectivity index (χ3n) is 6.97. The molecular formula is C27H30F3N3O6. The Morgan fingerprint density at radius 3 is 2.49 bits per heavy atom. The molecule has 9 nitrogen and oxygen atoms in total. The second-order valence-electron chi connectivity index (χ2n) is 9.99. The monoisotopic (exact) mass is 549 g/mol.